The first kappa shape index (κ1) is 18.6. The van der Waals surface area contributed by atoms with Crippen LogP contribution < -0.4 is 5.32 Å². The van der Waals surface area contributed by atoms with Gasteiger partial charge in [-0.1, -0.05) is 30.3 Å². The molecule has 0 spiro atoms. The van der Waals surface area contributed by atoms with Crippen LogP contribution in [0.5, 0.6) is 0 Å². The molecule has 4 nitrogen and oxygen atoms in total. The number of benzene rings is 3. The average molecular weight is 386 g/mol. The zero-order valence-electron chi connectivity index (χ0n) is 15.9. The van der Waals surface area contributed by atoms with Crippen molar-refractivity contribution in [3.63, 3.8) is 0 Å². The lowest BCUT2D eigenvalue weighted by molar-refractivity contribution is 0.101. The molecule has 0 bridgehead atoms. The first-order valence-corrected chi connectivity index (χ1v) is 9.37. The number of nitrogens with zero attached hydrogens (tertiary/aromatic N) is 1. The fraction of sp³-hybridized carbons (Fsp3) is 0.0833. The molecule has 1 amide bonds. The van der Waals surface area contributed by atoms with E-state index in [9.17, 15) is 14.0 Å². The van der Waals surface area contributed by atoms with Gasteiger partial charge in [-0.15, -0.1) is 0 Å². The molecule has 0 aliphatic rings. The Hall–Kier alpha value is -3.73. The monoisotopic (exact) mass is 386 g/mol. The molecular weight excluding hydrogens is 367 g/mol. The van der Waals surface area contributed by atoms with Crippen LogP contribution in [-0.2, 0) is 6.54 Å². The van der Waals surface area contributed by atoms with Gasteiger partial charge in [-0.3, -0.25) is 9.59 Å². The highest BCUT2D eigenvalue weighted by Gasteiger charge is 2.16. The van der Waals surface area contributed by atoms with Crippen LogP contribution in [0.2, 0.25) is 0 Å². The summed E-state index contributed by atoms with van der Waals surface area (Å²) in [7, 11) is 0. The average Bonchev–Trinajstić information content (AvgIpc) is 3.12. The number of hydrogen-bond donors (Lipinski definition) is 1. The van der Waals surface area contributed by atoms with E-state index in [-0.39, 0.29) is 17.5 Å². The van der Waals surface area contributed by atoms with Gasteiger partial charge in [0.05, 0.1) is 0 Å². The fourth-order valence-electron chi connectivity index (χ4n) is 3.43. The lowest BCUT2D eigenvalue weighted by Gasteiger charge is -2.09. The molecule has 0 atom stereocenters. The number of aryl methyl sites for hydroxylation is 1. The van der Waals surface area contributed by atoms with Gasteiger partial charge < -0.3 is 9.88 Å². The highest BCUT2D eigenvalue weighted by atomic mass is 19.1. The zero-order chi connectivity index (χ0) is 20.4. The smallest absolute Gasteiger partial charge is 0.272 e. The number of nitrogens with one attached hydrogen (secondary N) is 1. The maximum Gasteiger partial charge on any atom is 0.272 e. The van der Waals surface area contributed by atoms with Gasteiger partial charge in [0.15, 0.2) is 5.78 Å². The number of hydrogen-bond acceptors (Lipinski definition) is 2. The van der Waals surface area contributed by atoms with E-state index in [0.717, 1.165) is 5.52 Å². The maximum atomic E-state index is 13.5. The van der Waals surface area contributed by atoms with E-state index in [1.807, 2.05) is 29.7 Å². The normalized spacial score (nSPS) is 10.8. The van der Waals surface area contributed by atoms with Crippen molar-refractivity contribution in [1.82, 2.24) is 4.57 Å². The van der Waals surface area contributed by atoms with Crippen molar-refractivity contribution >= 4 is 28.3 Å². The number of fused-ring (bicyclic) bond motifs is 1. The predicted molar refractivity (Wildman–Crippen MR) is 112 cm³/mol. The van der Waals surface area contributed by atoms with Crippen LogP contribution in [0.4, 0.5) is 10.1 Å². The molecule has 144 valence electrons. The van der Waals surface area contributed by atoms with Crippen LogP contribution in [-0.4, -0.2) is 16.3 Å². The minimum absolute atomic E-state index is 0.0726. The van der Waals surface area contributed by atoms with Crippen molar-refractivity contribution in [3.8, 4) is 0 Å². The van der Waals surface area contributed by atoms with Crippen molar-refractivity contribution in [3.05, 3.63) is 102 Å². The molecule has 3 aromatic carbocycles. The Labute approximate surface area is 167 Å². The highest BCUT2D eigenvalue weighted by molar-refractivity contribution is 6.10. The third kappa shape index (κ3) is 3.67. The van der Waals surface area contributed by atoms with Gasteiger partial charge in [0, 0.05) is 34.3 Å². The maximum absolute atomic E-state index is 13.5. The van der Waals surface area contributed by atoms with Crippen molar-refractivity contribution in [2.24, 2.45) is 0 Å². The fourth-order valence-corrected chi connectivity index (χ4v) is 3.43. The molecule has 0 unspecified atom stereocenters. The molecule has 29 heavy (non-hydrogen) atoms. The van der Waals surface area contributed by atoms with E-state index in [2.05, 4.69) is 5.32 Å². The highest BCUT2D eigenvalue weighted by Crippen LogP contribution is 2.22. The molecule has 4 rings (SSSR count). The molecule has 0 aliphatic heterocycles. The van der Waals surface area contributed by atoms with Crippen LogP contribution in [0.15, 0.2) is 78.9 Å². The largest absolute Gasteiger partial charge is 0.337 e. The Morgan fingerprint density at radius 2 is 1.59 bits per heavy atom. The predicted octanol–water partition coefficient (Wildman–Crippen LogP) is 5.28. The summed E-state index contributed by atoms with van der Waals surface area (Å²) in [5.74, 6) is -0.696. The number of halogens is 1. The Balaban J connectivity index is 1.56. The van der Waals surface area contributed by atoms with E-state index in [4.69, 9.17) is 0 Å². The first-order valence-electron chi connectivity index (χ1n) is 9.37. The van der Waals surface area contributed by atoms with Crippen LogP contribution in [0.25, 0.3) is 10.9 Å². The van der Waals surface area contributed by atoms with E-state index in [0.29, 0.717) is 34.4 Å². The molecule has 1 aromatic heterocycles. The van der Waals surface area contributed by atoms with Crippen molar-refractivity contribution in [1.29, 1.82) is 0 Å². The number of anilines is 1. The third-order valence-corrected chi connectivity index (χ3v) is 4.85. The second-order valence-corrected chi connectivity index (χ2v) is 6.70. The summed E-state index contributed by atoms with van der Waals surface area (Å²) in [5.41, 5.74) is 3.01. The summed E-state index contributed by atoms with van der Waals surface area (Å²) in [6.45, 7) is 2.52. The van der Waals surface area contributed by atoms with E-state index in [1.165, 1.54) is 12.1 Å². The van der Waals surface area contributed by atoms with Crippen molar-refractivity contribution < 1.29 is 14.0 Å². The molecule has 4 aromatic rings. The Morgan fingerprint density at radius 1 is 0.897 bits per heavy atom. The van der Waals surface area contributed by atoms with Gasteiger partial charge in [0.2, 0.25) is 0 Å². The lowest BCUT2D eigenvalue weighted by Crippen LogP contribution is -2.16. The number of ketones is 1. The number of aromatic nitrogens is 1. The van der Waals surface area contributed by atoms with Crippen LogP contribution in [0.1, 0.15) is 33.3 Å². The van der Waals surface area contributed by atoms with E-state index >= 15 is 0 Å². The summed E-state index contributed by atoms with van der Waals surface area (Å²) in [6, 6.07) is 22.0. The number of rotatable bonds is 5. The lowest BCUT2D eigenvalue weighted by atomic mass is 10.0. The van der Waals surface area contributed by atoms with Crippen LogP contribution >= 0.6 is 0 Å². The molecule has 0 saturated carbocycles. The Morgan fingerprint density at radius 3 is 2.28 bits per heavy atom. The number of carbonyl (C=O) groups is 2. The Kier molecular flexibility index (Phi) is 4.96. The quantitative estimate of drug-likeness (QED) is 0.474. The molecule has 0 fully saturated rings. The number of amides is 1. The van der Waals surface area contributed by atoms with Crippen molar-refractivity contribution in [2.75, 3.05) is 5.32 Å². The molecule has 0 aliphatic carbocycles. The number of carbonyl (C=O) groups excluding carboxylic acids is 2. The second-order valence-electron chi connectivity index (χ2n) is 6.70. The van der Waals surface area contributed by atoms with Gasteiger partial charge in [0.25, 0.3) is 5.91 Å². The summed E-state index contributed by atoms with van der Waals surface area (Å²) in [4.78, 5) is 25.3. The minimum atomic E-state index is -0.337. The summed E-state index contributed by atoms with van der Waals surface area (Å²) in [5, 5.41) is 3.53. The van der Waals surface area contributed by atoms with Gasteiger partial charge in [-0.05, 0) is 55.5 Å². The van der Waals surface area contributed by atoms with E-state index < -0.39 is 0 Å². The summed E-state index contributed by atoms with van der Waals surface area (Å²) in [6.07, 6.45) is 0. The molecule has 1 N–H and O–H groups in total. The van der Waals surface area contributed by atoms with Gasteiger partial charge in [-0.25, -0.2) is 4.39 Å². The van der Waals surface area contributed by atoms with E-state index in [1.54, 1.807) is 48.5 Å². The molecule has 5 heteroatoms. The standard InChI is InChI=1S/C24H19FN2O2/c1-2-27-21-13-10-19(25)14-18(21)15-22(27)24(29)26-20-11-8-17(9-12-20)23(28)16-6-4-3-5-7-16/h3-15H,2H2,1H3,(H,26,29). The second kappa shape index (κ2) is 7.72. The van der Waals surface area contributed by atoms with Gasteiger partial charge in [-0.2, -0.15) is 0 Å². The topological polar surface area (TPSA) is 51.1 Å². The molecule has 0 radical (unpaired) electrons. The first-order chi connectivity index (χ1) is 14.1. The van der Waals surface area contributed by atoms with Crippen LogP contribution in [0, 0.1) is 5.82 Å². The molecule has 0 saturated heterocycles. The summed E-state index contributed by atoms with van der Waals surface area (Å²) < 4.78 is 15.4. The van der Waals surface area contributed by atoms with Crippen LogP contribution in [0.3, 0.4) is 0 Å². The van der Waals surface area contributed by atoms with Gasteiger partial charge in [0.1, 0.15) is 11.5 Å². The summed E-state index contributed by atoms with van der Waals surface area (Å²) >= 11 is 0. The van der Waals surface area contributed by atoms with Gasteiger partial charge >= 0.3 is 0 Å². The Bertz CT molecular complexity index is 1200. The van der Waals surface area contributed by atoms with Crippen molar-refractivity contribution in [2.45, 2.75) is 13.5 Å². The molecule has 1 heterocycles. The third-order valence-electron chi connectivity index (χ3n) is 4.85. The minimum Gasteiger partial charge on any atom is -0.337 e. The SMILES string of the molecule is CCn1c(C(=O)Nc2ccc(C(=O)c3ccccc3)cc2)cc2cc(F)ccc21. The zero-order valence-corrected chi connectivity index (χ0v) is 15.9. The molecular formula is C24H19FN2O2.